The number of halogens is 2. The van der Waals surface area contributed by atoms with Gasteiger partial charge in [-0.05, 0) is 52.7 Å². The van der Waals surface area contributed by atoms with Gasteiger partial charge in [0.2, 0.25) is 0 Å². The van der Waals surface area contributed by atoms with Gasteiger partial charge in [-0.3, -0.25) is 14.8 Å². The van der Waals surface area contributed by atoms with Crippen LogP contribution in [0.1, 0.15) is 5.56 Å². The van der Waals surface area contributed by atoms with Crippen molar-refractivity contribution in [3.05, 3.63) is 61.6 Å². The molecule has 0 aliphatic heterocycles. The predicted octanol–water partition coefficient (Wildman–Crippen LogP) is 4.12. The Morgan fingerprint density at radius 1 is 1.23 bits per heavy atom. The molecule has 2 aromatic carbocycles. The van der Waals surface area contributed by atoms with Crippen LogP contribution in [0, 0.1) is 17.0 Å². The lowest BCUT2D eigenvalue weighted by molar-refractivity contribution is -0.384. The molecule has 22 heavy (non-hydrogen) atoms. The number of aryl methyl sites for hydroxylation is 1. The van der Waals surface area contributed by atoms with Crippen molar-refractivity contribution in [2.24, 2.45) is 0 Å². The molecule has 0 radical (unpaired) electrons. The molecule has 0 heterocycles. The van der Waals surface area contributed by atoms with Crippen LogP contribution in [0.4, 0.5) is 11.4 Å². The van der Waals surface area contributed by atoms with Crippen molar-refractivity contribution in [2.75, 3.05) is 4.72 Å². The normalized spacial score (nSPS) is 11.2. The summed E-state index contributed by atoms with van der Waals surface area (Å²) in [6.45, 7) is 1.83. The van der Waals surface area contributed by atoms with Crippen molar-refractivity contribution in [2.45, 2.75) is 11.8 Å². The fraction of sp³-hybridized carbons (Fsp3) is 0.0769. The average molecular weight is 406 g/mol. The highest BCUT2D eigenvalue weighted by molar-refractivity contribution is 9.10. The number of sulfonamides is 1. The number of anilines is 1. The molecule has 0 aliphatic rings. The zero-order chi connectivity index (χ0) is 16.5. The quantitative estimate of drug-likeness (QED) is 0.612. The first-order valence-electron chi connectivity index (χ1n) is 5.93. The number of nitrogens with zero attached hydrogens (tertiary/aromatic N) is 1. The number of rotatable bonds is 4. The van der Waals surface area contributed by atoms with E-state index >= 15 is 0 Å². The van der Waals surface area contributed by atoms with E-state index in [4.69, 9.17) is 11.6 Å². The van der Waals surface area contributed by atoms with Gasteiger partial charge in [0, 0.05) is 10.5 Å². The maximum atomic E-state index is 12.4. The highest BCUT2D eigenvalue weighted by Crippen LogP contribution is 2.30. The van der Waals surface area contributed by atoms with E-state index in [1.54, 1.807) is 12.1 Å². The summed E-state index contributed by atoms with van der Waals surface area (Å²) < 4.78 is 27.4. The van der Waals surface area contributed by atoms with Gasteiger partial charge in [-0.1, -0.05) is 17.7 Å². The third kappa shape index (κ3) is 3.57. The Bertz CT molecular complexity index is 855. The summed E-state index contributed by atoms with van der Waals surface area (Å²) in [4.78, 5) is 10.2. The molecule has 9 heteroatoms. The monoisotopic (exact) mass is 404 g/mol. The molecule has 0 saturated heterocycles. The maximum Gasteiger partial charge on any atom is 0.289 e. The van der Waals surface area contributed by atoms with Gasteiger partial charge in [0.05, 0.1) is 10.6 Å². The molecule has 2 rings (SSSR count). The zero-order valence-corrected chi connectivity index (χ0v) is 14.4. The van der Waals surface area contributed by atoms with Gasteiger partial charge < -0.3 is 0 Å². The van der Waals surface area contributed by atoms with Gasteiger partial charge in [0.25, 0.3) is 15.7 Å². The lowest BCUT2D eigenvalue weighted by atomic mass is 10.2. The summed E-state index contributed by atoms with van der Waals surface area (Å²) in [6, 6.07) is 8.47. The van der Waals surface area contributed by atoms with Gasteiger partial charge in [-0.25, -0.2) is 8.42 Å². The summed E-state index contributed by atoms with van der Waals surface area (Å²) in [7, 11) is -3.88. The summed E-state index contributed by atoms with van der Waals surface area (Å²) in [5.74, 6) is 0. The Morgan fingerprint density at radius 2 is 1.91 bits per heavy atom. The Balaban J connectivity index is 2.41. The van der Waals surface area contributed by atoms with Crippen LogP contribution in [0.5, 0.6) is 0 Å². The topological polar surface area (TPSA) is 89.3 Å². The first-order chi connectivity index (χ1) is 10.2. The number of benzene rings is 2. The van der Waals surface area contributed by atoms with Gasteiger partial charge in [0.15, 0.2) is 0 Å². The minimum Gasteiger partial charge on any atom is -0.279 e. The molecule has 2 aromatic rings. The molecule has 0 spiro atoms. The van der Waals surface area contributed by atoms with Crippen LogP contribution in [-0.4, -0.2) is 13.3 Å². The second kappa shape index (κ2) is 6.23. The van der Waals surface area contributed by atoms with Crippen LogP contribution in [-0.2, 0) is 10.0 Å². The summed E-state index contributed by atoms with van der Waals surface area (Å²) in [6.07, 6.45) is 0. The van der Waals surface area contributed by atoms with Crippen LogP contribution in [0.15, 0.2) is 45.8 Å². The highest BCUT2D eigenvalue weighted by Gasteiger charge is 2.20. The Labute approximate surface area is 140 Å². The van der Waals surface area contributed by atoms with Crippen molar-refractivity contribution in [1.82, 2.24) is 0 Å². The zero-order valence-electron chi connectivity index (χ0n) is 11.2. The summed E-state index contributed by atoms with van der Waals surface area (Å²) >= 11 is 8.89. The molecule has 0 aromatic heterocycles. The number of nitrogens with one attached hydrogen (secondary N) is 1. The summed E-state index contributed by atoms with van der Waals surface area (Å²) in [5.41, 5.74) is 0.585. The van der Waals surface area contributed by atoms with Crippen LogP contribution in [0.2, 0.25) is 5.02 Å². The lowest BCUT2D eigenvalue weighted by Gasteiger charge is -2.10. The van der Waals surface area contributed by atoms with Crippen LogP contribution < -0.4 is 4.72 Å². The first-order valence-corrected chi connectivity index (χ1v) is 8.59. The highest BCUT2D eigenvalue weighted by atomic mass is 79.9. The summed E-state index contributed by atoms with van der Waals surface area (Å²) in [5, 5.41) is 10.8. The Morgan fingerprint density at radius 3 is 2.50 bits per heavy atom. The van der Waals surface area contributed by atoms with Crippen molar-refractivity contribution >= 4 is 48.9 Å². The SMILES string of the molecule is Cc1ccc(S(=O)(=O)Nc2ccc(Cl)c([N+](=O)[O-])c2)c(Br)c1. The van der Waals surface area contributed by atoms with Gasteiger partial charge >= 0.3 is 0 Å². The largest absolute Gasteiger partial charge is 0.289 e. The third-order valence-electron chi connectivity index (χ3n) is 2.77. The second-order valence-corrected chi connectivity index (χ2v) is 7.38. The molecule has 0 saturated carbocycles. The molecule has 0 aliphatic carbocycles. The van der Waals surface area contributed by atoms with Crippen molar-refractivity contribution in [3.8, 4) is 0 Å². The molecule has 0 unspecified atom stereocenters. The van der Waals surface area contributed by atoms with Gasteiger partial charge in [-0.15, -0.1) is 0 Å². The van der Waals surface area contributed by atoms with Crippen LogP contribution in [0.3, 0.4) is 0 Å². The van der Waals surface area contributed by atoms with E-state index in [0.717, 1.165) is 11.6 Å². The van der Waals surface area contributed by atoms with E-state index < -0.39 is 14.9 Å². The van der Waals surface area contributed by atoms with E-state index in [-0.39, 0.29) is 21.3 Å². The third-order valence-corrected chi connectivity index (χ3v) is 5.45. The van der Waals surface area contributed by atoms with Crippen molar-refractivity contribution < 1.29 is 13.3 Å². The average Bonchev–Trinajstić information content (AvgIpc) is 2.39. The first kappa shape index (κ1) is 16.7. The smallest absolute Gasteiger partial charge is 0.279 e. The number of nitro benzene ring substituents is 1. The molecule has 0 amide bonds. The van der Waals surface area contributed by atoms with Crippen LogP contribution >= 0.6 is 27.5 Å². The van der Waals surface area contributed by atoms with Gasteiger partial charge in [-0.2, -0.15) is 0 Å². The fourth-order valence-corrected chi connectivity index (χ4v) is 4.18. The van der Waals surface area contributed by atoms with E-state index in [1.165, 1.54) is 18.2 Å². The van der Waals surface area contributed by atoms with E-state index in [9.17, 15) is 18.5 Å². The van der Waals surface area contributed by atoms with E-state index in [2.05, 4.69) is 20.7 Å². The molecule has 0 fully saturated rings. The Kier molecular flexibility index (Phi) is 4.74. The second-order valence-electron chi connectivity index (χ2n) is 4.46. The fourth-order valence-electron chi connectivity index (χ4n) is 1.75. The minimum absolute atomic E-state index is 0.0377. The van der Waals surface area contributed by atoms with Crippen molar-refractivity contribution in [3.63, 3.8) is 0 Å². The Hall–Kier alpha value is -1.64. The van der Waals surface area contributed by atoms with Crippen molar-refractivity contribution in [1.29, 1.82) is 0 Å². The van der Waals surface area contributed by atoms with Gasteiger partial charge in [0.1, 0.15) is 9.92 Å². The molecule has 6 nitrogen and oxygen atoms in total. The molecular formula is C13H10BrClN2O4S. The number of hydrogen-bond acceptors (Lipinski definition) is 4. The molecule has 0 bridgehead atoms. The minimum atomic E-state index is -3.88. The molecular weight excluding hydrogens is 396 g/mol. The number of nitro groups is 1. The molecule has 1 N–H and O–H groups in total. The number of hydrogen-bond donors (Lipinski definition) is 1. The maximum absolute atomic E-state index is 12.4. The van der Waals surface area contributed by atoms with Crippen LogP contribution in [0.25, 0.3) is 0 Å². The molecule has 0 atom stereocenters. The standard InChI is InChI=1S/C13H10BrClN2O4S/c1-8-2-5-13(10(14)6-8)22(20,21)16-9-3-4-11(15)12(7-9)17(18)19/h2-7,16H,1H3. The van der Waals surface area contributed by atoms with E-state index in [0.29, 0.717) is 4.47 Å². The molecule has 116 valence electrons. The predicted molar refractivity (Wildman–Crippen MR) is 87.8 cm³/mol. The lowest BCUT2D eigenvalue weighted by Crippen LogP contribution is -2.13. The van der Waals surface area contributed by atoms with E-state index in [1.807, 2.05) is 6.92 Å².